The predicted octanol–water partition coefficient (Wildman–Crippen LogP) is 3.30. The van der Waals surface area contributed by atoms with E-state index in [4.69, 9.17) is 9.47 Å². The van der Waals surface area contributed by atoms with E-state index in [1.54, 1.807) is 0 Å². The Hall–Kier alpha value is -1.14. The first kappa shape index (κ1) is 21.6. The molecule has 0 aromatic heterocycles. The number of hydrogen-bond donors (Lipinski definition) is 1. The highest BCUT2D eigenvalue weighted by Crippen LogP contribution is 2.24. The molecular weight excluding hydrogens is 352 g/mol. The monoisotopic (exact) mass is 390 g/mol. The lowest BCUT2D eigenvalue weighted by Gasteiger charge is -2.38. The average Bonchev–Trinajstić information content (AvgIpc) is 2.67. The van der Waals surface area contributed by atoms with Gasteiger partial charge in [0.05, 0.1) is 12.2 Å². The fraction of sp³-hybridized carbons (Fsp3) is 0.739. The molecular formula is C23H38N2O3. The number of morpholine rings is 1. The number of benzene rings is 1. The van der Waals surface area contributed by atoms with E-state index in [1.807, 2.05) is 12.1 Å². The first-order valence-electron chi connectivity index (χ1n) is 10.9. The zero-order valence-electron chi connectivity index (χ0n) is 17.9. The number of para-hydroxylation sites is 1. The SMILES string of the molecule is CN(CC(O)COc1ccccc1CN1CCOC(C)(C)C1)C1CCCCC1. The molecule has 3 rings (SSSR count). The average molecular weight is 391 g/mol. The highest BCUT2D eigenvalue weighted by atomic mass is 16.5. The summed E-state index contributed by atoms with van der Waals surface area (Å²) in [5.41, 5.74) is 1.07. The van der Waals surface area contributed by atoms with Crippen LogP contribution in [-0.4, -0.2) is 72.5 Å². The second-order valence-corrected chi connectivity index (χ2v) is 9.12. The van der Waals surface area contributed by atoms with E-state index in [2.05, 4.69) is 42.8 Å². The minimum absolute atomic E-state index is 0.103. The zero-order chi connectivity index (χ0) is 20.0. The summed E-state index contributed by atoms with van der Waals surface area (Å²) in [6.07, 6.45) is 6.02. The van der Waals surface area contributed by atoms with Gasteiger partial charge in [0.1, 0.15) is 18.5 Å². The van der Waals surface area contributed by atoms with E-state index in [0.717, 1.165) is 32.0 Å². The summed E-state index contributed by atoms with van der Waals surface area (Å²) in [7, 11) is 2.13. The maximum atomic E-state index is 10.5. The molecule has 1 aromatic rings. The molecule has 158 valence electrons. The third kappa shape index (κ3) is 6.45. The number of aliphatic hydroxyl groups is 1. The number of likely N-dealkylation sites (N-methyl/N-ethyl adjacent to an activating group) is 1. The van der Waals surface area contributed by atoms with Crippen LogP contribution in [0.1, 0.15) is 51.5 Å². The van der Waals surface area contributed by atoms with E-state index < -0.39 is 6.10 Å². The van der Waals surface area contributed by atoms with Crippen molar-refractivity contribution < 1.29 is 14.6 Å². The summed E-state index contributed by atoms with van der Waals surface area (Å²) in [5.74, 6) is 0.881. The van der Waals surface area contributed by atoms with Crippen molar-refractivity contribution in [3.63, 3.8) is 0 Å². The lowest BCUT2D eigenvalue weighted by Crippen LogP contribution is -2.47. The third-order valence-corrected chi connectivity index (χ3v) is 6.00. The van der Waals surface area contributed by atoms with Crippen LogP contribution in [-0.2, 0) is 11.3 Å². The van der Waals surface area contributed by atoms with Gasteiger partial charge in [-0.05, 0) is 39.8 Å². The van der Waals surface area contributed by atoms with Crippen molar-refractivity contribution in [2.45, 2.75) is 70.2 Å². The van der Waals surface area contributed by atoms with Gasteiger partial charge in [-0.15, -0.1) is 0 Å². The number of hydrogen-bond acceptors (Lipinski definition) is 5. The smallest absolute Gasteiger partial charge is 0.123 e. The minimum atomic E-state index is -0.470. The molecule has 1 saturated heterocycles. The van der Waals surface area contributed by atoms with Gasteiger partial charge in [0, 0.05) is 37.8 Å². The van der Waals surface area contributed by atoms with Gasteiger partial charge in [-0.25, -0.2) is 0 Å². The molecule has 1 heterocycles. The fourth-order valence-electron chi connectivity index (χ4n) is 4.51. The van der Waals surface area contributed by atoms with Crippen molar-refractivity contribution in [2.75, 3.05) is 39.9 Å². The molecule has 5 nitrogen and oxygen atoms in total. The lowest BCUT2D eigenvalue weighted by atomic mass is 9.94. The number of rotatable bonds is 8. The van der Waals surface area contributed by atoms with Gasteiger partial charge in [-0.1, -0.05) is 37.5 Å². The highest BCUT2D eigenvalue weighted by molar-refractivity contribution is 5.33. The molecule has 1 saturated carbocycles. The van der Waals surface area contributed by atoms with Gasteiger partial charge in [0.25, 0.3) is 0 Å². The molecule has 1 atom stereocenters. The number of nitrogens with zero attached hydrogens (tertiary/aromatic N) is 2. The summed E-state index contributed by atoms with van der Waals surface area (Å²) in [6, 6.07) is 8.81. The maximum Gasteiger partial charge on any atom is 0.123 e. The molecule has 28 heavy (non-hydrogen) atoms. The third-order valence-electron chi connectivity index (χ3n) is 6.00. The summed E-state index contributed by atoms with van der Waals surface area (Å²) >= 11 is 0. The van der Waals surface area contributed by atoms with E-state index in [0.29, 0.717) is 19.2 Å². The van der Waals surface area contributed by atoms with Crippen molar-refractivity contribution in [1.29, 1.82) is 0 Å². The molecule has 1 aromatic carbocycles. The molecule has 0 amide bonds. The maximum absolute atomic E-state index is 10.5. The Morgan fingerprint density at radius 2 is 2.00 bits per heavy atom. The van der Waals surface area contributed by atoms with Crippen LogP contribution in [0.3, 0.4) is 0 Å². The Morgan fingerprint density at radius 3 is 2.75 bits per heavy atom. The molecule has 0 bridgehead atoms. The van der Waals surface area contributed by atoms with Gasteiger partial charge < -0.3 is 19.5 Å². The molecule has 1 unspecified atom stereocenters. The standard InChI is InChI=1S/C23H38N2O3/c1-23(2)18-25(13-14-28-23)15-19-9-7-8-12-22(19)27-17-21(26)16-24(3)20-10-5-4-6-11-20/h7-9,12,20-21,26H,4-6,10-11,13-18H2,1-3H3. The Kier molecular flexibility index (Phi) is 7.75. The van der Waals surface area contributed by atoms with E-state index in [9.17, 15) is 5.11 Å². The van der Waals surface area contributed by atoms with Crippen LogP contribution in [0, 0.1) is 0 Å². The topological polar surface area (TPSA) is 45.2 Å². The highest BCUT2D eigenvalue weighted by Gasteiger charge is 2.27. The summed E-state index contributed by atoms with van der Waals surface area (Å²) in [4.78, 5) is 4.73. The minimum Gasteiger partial charge on any atom is -0.491 e. The fourth-order valence-corrected chi connectivity index (χ4v) is 4.51. The second kappa shape index (κ2) is 10.1. The molecule has 0 radical (unpaired) electrons. The van der Waals surface area contributed by atoms with Crippen LogP contribution in [0.15, 0.2) is 24.3 Å². The van der Waals surface area contributed by atoms with Crippen molar-refractivity contribution in [3.8, 4) is 5.75 Å². The predicted molar refractivity (Wildman–Crippen MR) is 113 cm³/mol. The number of aliphatic hydroxyl groups excluding tert-OH is 1. The molecule has 1 aliphatic carbocycles. The van der Waals surface area contributed by atoms with Crippen LogP contribution < -0.4 is 4.74 Å². The van der Waals surface area contributed by atoms with Crippen molar-refractivity contribution >= 4 is 0 Å². The van der Waals surface area contributed by atoms with Crippen LogP contribution in [0.4, 0.5) is 0 Å². The van der Waals surface area contributed by atoms with Crippen molar-refractivity contribution in [2.24, 2.45) is 0 Å². The van der Waals surface area contributed by atoms with Crippen LogP contribution in [0.5, 0.6) is 5.75 Å². The van der Waals surface area contributed by atoms with Crippen LogP contribution >= 0.6 is 0 Å². The van der Waals surface area contributed by atoms with Gasteiger partial charge in [0.2, 0.25) is 0 Å². The van der Waals surface area contributed by atoms with Gasteiger partial charge in [-0.2, -0.15) is 0 Å². The quantitative estimate of drug-likeness (QED) is 0.738. The van der Waals surface area contributed by atoms with E-state index in [-0.39, 0.29) is 5.60 Å². The molecule has 2 fully saturated rings. The molecule has 5 heteroatoms. The Bertz CT molecular complexity index is 601. The number of ether oxygens (including phenoxy) is 2. The largest absolute Gasteiger partial charge is 0.491 e. The Balaban J connectivity index is 1.50. The molecule has 0 spiro atoms. The normalized spacial score (nSPS) is 22.3. The molecule has 1 N–H and O–H groups in total. The van der Waals surface area contributed by atoms with Gasteiger partial charge in [0.15, 0.2) is 0 Å². The second-order valence-electron chi connectivity index (χ2n) is 9.12. The zero-order valence-corrected chi connectivity index (χ0v) is 17.9. The molecule has 2 aliphatic rings. The van der Waals surface area contributed by atoms with E-state index >= 15 is 0 Å². The summed E-state index contributed by atoms with van der Waals surface area (Å²) < 4.78 is 11.9. The summed E-state index contributed by atoms with van der Waals surface area (Å²) in [6.45, 7) is 8.75. The van der Waals surface area contributed by atoms with Crippen molar-refractivity contribution in [1.82, 2.24) is 9.80 Å². The van der Waals surface area contributed by atoms with Gasteiger partial charge >= 0.3 is 0 Å². The van der Waals surface area contributed by atoms with Crippen LogP contribution in [0.25, 0.3) is 0 Å². The Labute approximate surface area is 170 Å². The first-order chi connectivity index (χ1) is 13.4. The van der Waals surface area contributed by atoms with Crippen molar-refractivity contribution in [3.05, 3.63) is 29.8 Å². The molecule has 1 aliphatic heterocycles. The van der Waals surface area contributed by atoms with Gasteiger partial charge in [-0.3, -0.25) is 4.90 Å². The summed E-state index contributed by atoms with van der Waals surface area (Å²) in [5, 5.41) is 10.5. The lowest BCUT2D eigenvalue weighted by molar-refractivity contribution is -0.0884. The first-order valence-corrected chi connectivity index (χ1v) is 10.9. The van der Waals surface area contributed by atoms with E-state index in [1.165, 1.54) is 37.7 Å². The Morgan fingerprint density at radius 1 is 1.25 bits per heavy atom. The van der Waals surface area contributed by atoms with Crippen LogP contribution in [0.2, 0.25) is 0 Å².